The molecule has 1 heterocycles. The Morgan fingerprint density at radius 1 is 1.40 bits per heavy atom. The molecule has 0 bridgehead atoms. The standard InChI is InChI=1S/C16H21NO3/c1-3-11(2)10-14(18)17-9-8-12-6-4-5-7-13(12)15(17)16(19)20/h4-7,11,15H,3,8-10H2,1-2H3,(H,19,20)/t11-,15+/m1/s1. The van der Waals surface area contributed by atoms with Crippen molar-refractivity contribution < 1.29 is 14.7 Å². The van der Waals surface area contributed by atoms with Crippen molar-refractivity contribution in [3.8, 4) is 0 Å². The minimum absolute atomic E-state index is 0.0544. The number of amides is 1. The number of hydrogen-bond acceptors (Lipinski definition) is 2. The number of aliphatic carboxylic acids is 1. The van der Waals surface area contributed by atoms with Crippen LogP contribution >= 0.6 is 0 Å². The van der Waals surface area contributed by atoms with E-state index in [4.69, 9.17) is 0 Å². The molecule has 0 saturated carbocycles. The zero-order valence-corrected chi connectivity index (χ0v) is 12.0. The Hall–Kier alpha value is -1.84. The number of carbonyl (C=O) groups is 2. The van der Waals surface area contributed by atoms with Crippen molar-refractivity contribution in [1.82, 2.24) is 4.90 Å². The lowest BCUT2D eigenvalue weighted by atomic mass is 9.91. The number of benzene rings is 1. The van der Waals surface area contributed by atoms with E-state index in [1.165, 1.54) is 4.90 Å². The summed E-state index contributed by atoms with van der Waals surface area (Å²) in [5.74, 6) is -0.718. The monoisotopic (exact) mass is 275 g/mol. The van der Waals surface area contributed by atoms with Gasteiger partial charge in [-0.25, -0.2) is 4.79 Å². The maximum absolute atomic E-state index is 12.4. The highest BCUT2D eigenvalue weighted by molar-refractivity contribution is 5.85. The molecule has 2 rings (SSSR count). The zero-order chi connectivity index (χ0) is 14.7. The number of carboxylic acid groups (broad SMARTS) is 1. The van der Waals surface area contributed by atoms with Crippen molar-refractivity contribution in [2.45, 2.75) is 39.2 Å². The van der Waals surface area contributed by atoms with Gasteiger partial charge in [0, 0.05) is 13.0 Å². The van der Waals surface area contributed by atoms with Crippen molar-refractivity contribution in [2.24, 2.45) is 5.92 Å². The molecule has 1 amide bonds. The van der Waals surface area contributed by atoms with Gasteiger partial charge < -0.3 is 10.0 Å². The SMILES string of the molecule is CC[C@@H](C)CC(=O)N1CCc2ccccc2[C@H]1C(=O)O. The first-order chi connectivity index (χ1) is 9.54. The summed E-state index contributed by atoms with van der Waals surface area (Å²) in [4.78, 5) is 25.5. The second-order valence-electron chi connectivity index (χ2n) is 5.49. The molecule has 20 heavy (non-hydrogen) atoms. The lowest BCUT2D eigenvalue weighted by Crippen LogP contribution is -2.43. The van der Waals surface area contributed by atoms with Gasteiger partial charge in [0.25, 0.3) is 0 Å². The summed E-state index contributed by atoms with van der Waals surface area (Å²) in [6, 6.07) is 6.67. The third-order valence-corrected chi connectivity index (χ3v) is 4.06. The Labute approximate surface area is 119 Å². The Kier molecular flexibility index (Phi) is 4.42. The molecule has 1 N–H and O–H groups in total. The second-order valence-corrected chi connectivity index (χ2v) is 5.49. The Bertz CT molecular complexity index is 512. The summed E-state index contributed by atoms with van der Waals surface area (Å²) in [5.41, 5.74) is 1.79. The van der Waals surface area contributed by atoms with E-state index in [1.54, 1.807) is 0 Å². The first kappa shape index (κ1) is 14.6. The summed E-state index contributed by atoms with van der Waals surface area (Å²) in [5, 5.41) is 9.50. The van der Waals surface area contributed by atoms with Crippen molar-refractivity contribution in [1.29, 1.82) is 0 Å². The minimum Gasteiger partial charge on any atom is -0.479 e. The number of carboxylic acids is 1. The molecule has 108 valence electrons. The van der Waals surface area contributed by atoms with Crippen LogP contribution in [0.5, 0.6) is 0 Å². The highest BCUT2D eigenvalue weighted by Gasteiger charge is 2.35. The number of fused-ring (bicyclic) bond motifs is 1. The fraction of sp³-hybridized carbons (Fsp3) is 0.500. The van der Waals surface area contributed by atoms with E-state index in [1.807, 2.05) is 38.1 Å². The third kappa shape index (κ3) is 2.84. The number of hydrogen-bond donors (Lipinski definition) is 1. The van der Waals surface area contributed by atoms with E-state index in [0.717, 1.165) is 24.0 Å². The van der Waals surface area contributed by atoms with Gasteiger partial charge in [-0.1, -0.05) is 44.5 Å². The van der Waals surface area contributed by atoms with Crippen LogP contribution in [0.2, 0.25) is 0 Å². The lowest BCUT2D eigenvalue weighted by Gasteiger charge is -2.35. The number of rotatable bonds is 4. The molecular formula is C16H21NO3. The molecule has 1 aliphatic rings. The van der Waals surface area contributed by atoms with Gasteiger partial charge >= 0.3 is 5.97 Å². The average molecular weight is 275 g/mol. The molecule has 1 aromatic carbocycles. The van der Waals surface area contributed by atoms with E-state index in [0.29, 0.717) is 13.0 Å². The molecule has 1 aromatic rings. The Morgan fingerprint density at radius 2 is 2.10 bits per heavy atom. The second kappa shape index (κ2) is 6.07. The lowest BCUT2D eigenvalue weighted by molar-refractivity contribution is -0.151. The van der Waals surface area contributed by atoms with E-state index in [2.05, 4.69) is 0 Å². The van der Waals surface area contributed by atoms with Gasteiger partial charge in [0.2, 0.25) is 5.91 Å². The fourth-order valence-corrected chi connectivity index (χ4v) is 2.66. The Morgan fingerprint density at radius 3 is 2.75 bits per heavy atom. The summed E-state index contributed by atoms with van der Waals surface area (Å²) in [6.07, 6.45) is 2.07. The molecule has 0 spiro atoms. The quantitative estimate of drug-likeness (QED) is 0.919. The van der Waals surface area contributed by atoms with Gasteiger partial charge in [-0.15, -0.1) is 0 Å². The summed E-state index contributed by atoms with van der Waals surface area (Å²) in [6.45, 7) is 4.55. The first-order valence-corrected chi connectivity index (χ1v) is 7.14. The molecule has 1 aliphatic heterocycles. The van der Waals surface area contributed by atoms with E-state index in [9.17, 15) is 14.7 Å². The maximum atomic E-state index is 12.4. The van der Waals surface area contributed by atoms with Crippen LogP contribution in [-0.4, -0.2) is 28.4 Å². The predicted molar refractivity (Wildman–Crippen MR) is 76.3 cm³/mol. The summed E-state index contributed by atoms with van der Waals surface area (Å²) >= 11 is 0. The van der Waals surface area contributed by atoms with Gasteiger partial charge in [0.1, 0.15) is 0 Å². The van der Waals surface area contributed by atoms with Crippen LogP contribution in [0.15, 0.2) is 24.3 Å². The highest BCUT2D eigenvalue weighted by atomic mass is 16.4. The molecule has 4 heteroatoms. The van der Waals surface area contributed by atoms with Crippen LogP contribution in [0, 0.1) is 5.92 Å². The van der Waals surface area contributed by atoms with Crippen molar-refractivity contribution >= 4 is 11.9 Å². The van der Waals surface area contributed by atoms with E-state index < -0.39 is 12.0 Å². The van der Waals surface area contributed by atoms with Crippen LogP contribution in [-0.2, 0) is 16.0 Å². The zero-order valence-electron chi connectivity index (χ0n) is 12.0. The van der Waals surface area contributed by atoms with Crippen LogP contribution in [0.3, 0.4) is 0 Å². The highest BCUT2D eigenvalue weighted by Crippen LogP contribution is 2.31. The molecule has 0 unspecified atom stereocenters. The molecule has 0 aliphatic carbocycles. The van der Waals surface area contributed by atoms with Gasteiger partial charge in [0.15, 0.2) is 6.04 Å². The van der Waals surface area contributed by atoms with Crippen LogP contribution in [0.25, 0.3) is 0 Å². The maximum Gasteiger partial charge on any atom is 0.331 e. The number of carbonyl (C=O) groups excluding carboxylic acids is 1. The van der Waals surface area contributed by atoms with E-state index in [-0.39, 0.29) is 11.8 Å². The molecule has 0 fully saturated rings. The minimum atomic E-state index is -0.949. The molecule has 0 saturated heterocycles. The Balaban J connectivity index is 2.27. The third-order valence-electron chi connectivity index (χ3n) is 4.06. The fourth-order valence-electron chi connectivity index (χ4n) is 2.66. The van der Waals surface area contributed by atoms with Crippen molar-refractivity contribution in [2.75, 3.05) is 6.54 Å². The van der Waals surface area contributed by atoms with Crippen LogP contribution in [0.1, 0.15) is 43.9 Å². The average Bonchev–Trinajstić information content (AvgIpc) is 2.45. The molecular weight excluding hydrogens is 254 g/mol. The van der Waals surface area contributed by atoms with Crippen LogP contribution < -0.4 is 0 Å². The summed E-state index contributed by atoms with van der Waals surface area (Å²) in [7, 11) is 0. The molecule has 0 radical (unpaired) electrons. The number of nitrogens with zero attached hydrogens (tertiary/aromatic N) is 1. The molecule has 2 atom stereocenters. The molecule has 4 nitrogen and oxygen atoms in total. The predicted octanol–water partition coefficient (Wildman–Crippen LogP) is 2.63. The van der Waals surface area contributed by atoms with Gasteiger partial charge in [-0.05, 0) is 23.5 Å². The van der Waals surface area contributed by atoms with Crippen molar-refractivity contribution in [3.05, 3.63) is 35.4 Å². The normalized spacial score (nSPS) is 19.3. The van der Waals surface area contributed by atoms with Gasteiger partial charge in [-0.2, -0.15) is 0 Å². The molecule has 0 aromatic heterocycles. The van der Waals surface area contributed by atoms with Gasteiger partial charge in [0.05, 0.1) is 0 Å². The summed E-state index contributed by atoms with van der Waals surface area (Å²) < 4.78 is 0. The smallest absolute Gasteiger partial charge is 0.331 e. The van der Waals surface area contributed by atoms with Crippen molar-refractivity contribution in [3.63, 3.8) is 0 Å². The van der Waals surface area contributed by atoms with Gasteiger partial charge in [-0.3, -0.25) is 4.79 Å². The topological polar surface area (TPSA) is 57.6 Å². The first-order valence-electron chi connectivity index (χ1n) is 7.14. The van der Waals surface area contributed by atoms with E-state index >= 15 is 0 Å². The van der Waals surface area contributed by atoms with Crippen LogP contribution in [0.4, 0.5) is 0 Å². The largest absolute Gasteiger partial charge is 0.479 e.